The average molecular weight is 327 g/mol. The molecule has 0 aromatic heterocycles. The lowest BCUT2D eigenvalue weighted by Crippen LogP contribution is -2.46. The van der Waals surface area contributed by atoms with Crippen LogP contribution in [-0.2, 0) is 4.79 Å². The van der Waals surface area contributed by atoms with E-state index in [1.807, 2.05) is 11.8 Å². The summed E-state index contributed by atoms with van der Waals surface area (Å²) in [7, 11) is 1.60. The molecule has 0 bridgehead atoms. The third-order valence-electron chi connectivity index (χ3n) is 3.98. The van der Waals surface area contributed by atoms with Crippen LogP contribution < -0.4 is 10.1 Å². The van der Waals surface area contributed by atoms with Crippen LogP contribution in [0.2, 0.25) is 5.02 Å². The van der Waals surface area contributed by atoms with Crippen LogP contribution in [0.15, 0.2) is 18.2 Å². The van der Waals surface area contributed by atoms with E-state index in [0.717, 1.165) is 5.69 Å². The smallest absolute Gasteiger partial charge is 0.224 e. The Bertz CT molecular complexity index is 524. The number of rotatable bonds is 5. The van der Waals surface area contributed by atoms with Crippen molar-refractivity contribution in [1.29, 1.82) is 0 Å². The lowest BCUT2D eigenvalue weighted by molar-refractivity contribution is -0.135. The number of likely N-dealkylation sites (tertiary alicyclic amines) is 1. The molecule has 2 N–H and O–H groups in total. The van der Waals surface area contributed by atoms with Gasteiger partial charge in [-0.05, 0) is 38.0 Å². The van der Waals surface area contributed by atoms with Crippen molar-refractivity contribution >= 4 is 23.2 Å². The molecule has 6 heteroatoms. The van der Waals surface area contributed by atoms with E-state index >= 15 is 0 Å². The Hall–Kier alpha value is -1.46. The fourth-order valence-electron chi connectivity index (χ4n) is 2.78. The highest BCUT2D eigenvalue weighted by molar-refractivity contribution is 6.30. The van der Waals surface area contributed by atoms with Crippen molar-refractivity contribution in [2.75, 3.05) is 25.5 Å². The Kier molecular flexibility index (Phi) is 5.91. The van der Waals surface area contributed by atoms with Crippen LogP contribution in [0.5, 0.6) is 5.75 Å². The molecule has 122 valence electrons. The summed E-state index contributed by atoms with van der Waals surface area (Å²) < 4.78 is 5.26. The van der Waals surface area contributed by atoms with Crippen LogP contribution in [0, 0.1) is 0 Å². The van der Waals surface area contributed by atoms with E-state index in [9.17, 15) is 9.90 Å². The summed E-state index contributed by atoms with van der Waals surface area (Å²) in [5, 5.41) is 13.4. The first-order valence-electron chi connectivity index (χ1n) is 7.56. The molecule has 1 aliphatic rings. The Morgan fingerprint density at radius 3 is 3.00 bits per heavy atom. The summed E-state index contributed by atoms with van der Waals surface area (Å²) in [6.45, 7) is 3.12. The molecular formula is C16H23ClN2O3. The highest BCUT2D eigenvalue weighted by Gasteiger charge is 2.27. The first-order valence-corrected chi connectivity index (χ1v) is 7.94. The van der Waals surface area contributed by atoms with Gasteiger partial charge in [0.25, 0.3) is 0 Å². The van der Waals surface area contributed by atoms with E-state index in [4.69, 9.17) is 16.3 Å². The van der Waals surface area contributed by atoms with Crippen molar-refractivity contribution in [3.63, 3.8) is 0 Å². The quantitative estimate of drug-likeness (QED) is 0.873. The zero-order chi connectivity index (χ0) is 16.1. The van der Waals surface area contributed by atoms with Gasteiger partial charge in [-0.15, -0.1) is 0 Å². The van der Waals surface area contributed by atoms with Gasteiger partial charge in [-0.1, -0.05) is 11.6 Å². The normalized spacial score (nSPS) is 21.5. The summed E-state index contributed by atoms with van der Waals surface area (Å²) in [5.74, 6) is 0.805. The summed E-state index contributed by atoms with van der Waals surface area (Å²) in [6, 6.07) is 5.43. The third-order valence-corrected chi connectivity index (χ3v) is 4.22. The second-order valence-electron chi connectivity index (χ2n) is 5.64. The largest absolute Gasteiger partial charge is 0.495 e. The predicted molar refractivity (Wildman–Crippen MR) is 87.5 cm³/mol. The number of methoxy groups -OCH3 is 1. The molecule has 0 spiro atoms. The lowest BCUT2D eigenvalue weighted by atomic mass is 10.0. The van der Waals surface area contributed by atoms with Gasteiger partial charge in [-0.3, -0.25) is 4.79 Å². The molecule has 2 atom stereocenters. The van der Waals surface area contributed by atoms with E-state index in [0.29, 0.717) is 43.1 Å². The highest BCUT2D eigenvalue weighted by Crippen LogP contribution is 2.27. The van der Waals surface area contributed by atoms with E-state index in [1.54, 1.807) is 25.3 Å². The fraction of sp³-hybridized carbons (Fsp3) is 0.562. The summed E-state index contributed by atoms with van der Waals surface area (Å²) in [4.78, 5) is 14.1. The SMILES string of the molecule is COc1ccc(Cl)cc1NCCC(=O)N1CC[C@H](O)C[C@H]1C. The van der Waals surface area contributed by atoms with Gasteiger partial charge in [0.1, 0.15) is 5.75 Å². The Morgan fingerprint density at radius 2 is 2.32 bits per heavy atom. The molecule has 1 aromatic rings. The number of anilines is 1. The summed E-state index contributed by atoms with van der Waals surface area (Å²) >= 11 is 5.98. The van der Waals surface area contributed by atoms with E-state index in [-0.39, 0.29) is 18.1 Å². The lowest BCUT2D eigenvalue weighted by Gasteiger charge is -2.36. The Balaban J connectivity index is 1.86. The fourth-order valence-corrected chi connectivity index (χ4v) is 2.96. The number of nitrogens with one attached hydrogen (secondary N) is 1. The maximum Gasteiger partial charge on any atom is 0.224 e. The second-order valence-corrected chi connectivity index (χ2v) is 6.07. The Labute approximate surface area is 136 Å². The molecule has 1 aromatic carbocycles. The number of ether oxygens (including phenoxy) is 1. The Morgan fingerprint density at radius 1 is 1.55 bits per heavy atom. The zero-order valence-electron chi connectivity index (χ0n) is 13.0. The number of hydrogen-bond acceptors (Lipinski definition) is 4. The molecule has 0 saturated carbocycles. The van der Waals surface area contributed by atoms with Crippen LogP contribution in [0.3, 0.4) is 0 Å². The molecule has 0 unspecified atom stereocenters. The van der Waals surface area contributed by atoms with Crippen molar-refractivity contribution in [2.24, 2.45) is 0 Å². The number of piperidine rings is 1. The highest BCUT2D eigenvalue weighted by atomic mass is 35.5. The number of nitrogens with zero attached hydrogens (tertiary/aromatic N) is 1. The average Bonchev–Trinajstić information content (AvgIpc) is 2.47. The topological polar surface area (TPSA) is 61.8 Å². The van der Waals surface area contributed by atoms with Gasteiger partial charge < -0.3 is 20.1 Å². The van der Waals surface area contributed by atoms with Gasteiger partial charge >= 0.3 is 0 Å². The van der Waals surface area contributed by atoms with E-state index in [1.165, 1.54) is 0 Å². The van der Waals surface area contributed by atoms with E-state index in [2.05, 4.69) is 5.32 Å². The molecule has 1 saturated heterocycles. The number of aliphatic hydroxyl groups excluding tert-OH is 1. The van der Waals surface area contributed by atoms with Crippen LogP contribution in [0.4, 0.5) is 5.69 Å². The van der Waals surface area contributed by atoms with Gasteiger partial charge in [0.15, 0.2) is 0 Å². The minimum atomic E-state index is -0.284. The monoisotopic (exact) mass is 326 g/mol. The van der Waals surface area contributed by atoms with Crippen molar-refractivity contribution < 1.29 is 14.6 Å². The molecule has 1 heterocycles. The number of amides is 1. The number of carbonyl (C=O) groups is 1. The summed E-state index contributed by atoms with van der Waals surface area (Å²) in [5.41, 5.74) is 0.782. The molecule has 0 radical (unpaired) electrons. The minimum Gasteiger partial charge on any atom is -0.495 e. The summed E-state index contributed by atoms with van der Waals surface area (Å²) in [6.07, 6.45) is 1.43. The molecular weight excluding hydrogens is 304 g/mol. The number of benzene rings is 1. The number of aliphatic hydroxyl groups is 1. The molecule has 0 aliphatic carbocycles. The van der Waals surface area contributed by atoms with Gasteiger partial charge in [-0.2, -0.15) is 0 Å². The molecule has 2 rings (SSSR count). The maximum atomic E-state index is 12.3. The van der Waals surface area contributed by atoms with Crippen molar-refractivity contribution in [3.05, 3.63) is 23.2 Å². The predicted octanol–water partition coefficient (Wildman–Crippen LogP) is 2.52. The molecule has 1 aliphatic heterocycles. The zero-order valence-corrected chi connectivity index (χ0v) is 13.8. The number of carbonyl (C=O) groups excluding carboxylic acids is 1. The molecule has 1 amide bonds. The van der Waals surface area contributed by atoms with Gasteiger partial charge in [-0.25, -0.2) is 0 Å². The van der Waals surface area contributed by atoms with Crippen molar-refractivity contribution in [1.82, 2.24) is 4.90 Å². The second kappa shape index (κ2) is 7.70. The molecule has 5 nitrogen and oxygen atoms in total. The number of hydrogen-bond donors (Lipinski definition) is 2. The molecule has 22 heavy (non-hydrogen) atoms. The van der Waals surface area contributed by atoms with Crippen molar-refractivity contribution in [3.8, 4) is 5.75 Å². The third kappa shape index (κ3) is 4.27. The standard InChI is InChI=1S/C16H23ClN2O3/c1-11-9-13(20)6-8-19(11)16(21)5-7-18-14-10-12(17)3-4-15(14)22-2/h3-4,10-11,13,18,20H,5-9H2,1-2H3/t11-,13+/m1/s1. The maximum absolute atomic E-state index is 12.3. The van der Waals surface area contributed by atoms with Gasteiger partial charge in [0.05, 0.1) is 18.9 Å². The minimum absolute atomic E-state index is 0.0944. The van der Waals surface area contributed by atoms with Gasteiger partial charge in [0, 0.05) is 30.6 Å². The number of halogens is 1. The van der Waals surface area contributed by atoms with E-state index < -0.39 is 0 Å². The van der Waals surface area contributed by atoms with Crippen molar-refractivity contribution in [2.45, 2.75) is 38.3 Å². The van der Waals surface area contributed by atoms with Gasteiger partial charge in [0.2, 0.25) is 5.91 Å². The first kappa shape index (κ1) is 16.9. The van der Waals surface area contributed by atoms with Crippen LogP contribution >= 0.6 is 11.6 Å². The first-order chi connectivity index (χ1) is 10.5. The van der Waals surface area contributed by atoms with Crippen LogP contribution in [0.25, 0.3) is 0 Å². The molecule has 1 fully saturated rings. The van der Waals surface area contributed by atoms with Crippen LogP contribution in [0.1, 0.15) is 26.2 Å². The van der Waals surface area contributed by atoms with Crippen LogP contribution in [-0.4, -0.2) is 48.3 Å².